The molecule has 3 aromatic rings. The van der Waals surface area contributed by atoms with Crippen LogP contribution in [0.1, 0.15) is 35.6 Å². The molecule has 0 radical (unpaired) electrons. The summed E-state index contributed by atoms with van der Waals surface area (Å²) in [4.78, 5) is 43.4. The second-order valence-electron chi connectivity index (χ2n) is 9.32. The fourth-order valence-electron chi connectivity index (χ4n) is 4.97. The third kappa shape index (κ3) is 4.69. The Morgan fingerprint density at radius 2 is 1.66 bits per heavy atom. The van der Waals surface area contributed by atoms with Crippen LogP contribution in [0, 0.1) is 12.8 Å². The fourth-order valence-corrected chi connectivity index (χ4v) is 4.97. The Morgan fingerprint density at radius 1 is 0.943 bits per heavy atom. The molecule has 6 nitrogen and oxygen atoms in total. The van der Waals surface area contributed by atoms with Gasteiger partial charge in [-0.15, -0.1) is 0 Å². The van der Waals surface area contributed by atoms with Crippen LogP contribution in [-0.4, -0.2) is 30.8 Å². The normalized spacial score (nSPS) is 18.2. The van der Waals surface area contributed by atoms with Gasteiger partial charge in [0.1, 0.15) is 6.04 Å². The van der Waals surface area contributed by atoms with Crippen molar-refractivity contribution in [3.8, 4) is 0 Å². The van der Waals surface area contributed by atoms with Gasteiger partial charge < -0.3 is 15.1 Å². The van der Waals surface area contributed by atoms with E-state index >= 15 is 0 Å². The summed E-state index contributed by atoms with van der Waals surface area (Å²) in [5, 5.41) is 3.00. The molecule has 0 saturated carbocycles. The molecule has 35 heavy (non-hydrogen) atoms. The van der Waals surface area contributed by atoms with E-state index in [0.717, 1.165) is 40.9 Å². The molecule has 178 valence electrons. The Morgan fingerprint density at radius 3 is 2.43 bits per heavy atom. The first-order chi connectivity index (χ1) is 17.0. The van der Waals surface area contributed by atoms with E-state index in [2.05, 4.69) is 11.4 Å². The van der Waals surface area contributed by atoms with Gasteiger partial charge in [-0.2, -0.15) is 0 Å². The molecule has 2 atom stereocenters. The molecule has 5 rings (SSSR count). The number of rotatable bonds is 5. The van der Waals surface area contributed by atoms with E-state index in [0.29, 0.717) is 13.1 Å². The summed E-state index contributed by atoms with van der Waals surface area (Å²) < 4.78 is 0. The highest BCUT2D eigenvalue weighted by Gasteiger charge is 2.38. The first kappa shape index (κ1) is 22.8. The summed E-state index contributed by atoms with van der Waals surface area (Å²) >= 11 is 0. The number of aryl methyl sites for hydroxylation is 2. The zero-order valence-corrected chi connectivity index (χ0v) is 19.8. The summed E-state index contributed by atoms with van der Waals surface area (Å²) in [6.07, 6.45) is 1.93. The lowest BCUT2D eigenvalue weighted by Gasteiger charge is -2.33. The number of carbonyl (C=O) groups excluding carboxylic acids is 3. The van der Waals surface area contributed by atoms with Crippen LogP contribution in [0.4, 0.5) is 11.4 Å². The van der Waals surface area contributed by atoms with Gasteiger partial charge in [-0.1, -0.05) is 66.2 Å². The quantitative estimate of drug-likeness (QED) is 0.612. The van der Waals surface area contributed by atoms with Crippen molar-refractivity contribution in [3.05, 3.63) is 95.6 Å². The van der Waals surface area contributed by atoms with Crippen molar-refractivity contribution in [3.63, 3.8) is 0 Å². The maximum atomic E-state index is 13.8. The first-order valence-electron chi connectivity index (χ1n) is 12.1. The highest BCUT2D eigenvalue weighted by atomic mass is 16.2. The third-order valence-electron chi connectivity index (χ3n) is 6.88. The number of hydrogen-bond acceptors (Lipinski definition) is 3. The Hall–Kier alpha value is -3.93. The van der Waals surface area contributed by atoms with Crippen molar-refractivity contribution in [1.29, 1.82) is 0 Å². The Balaban J connectivity index is 1.37. The minimum Gasteiger partial charge on any atom is -0.340 e. The molecule has 3 amide bonds. The number of amides is 3. The van der Waals surface area contributed by atoms with Crippen LogP contribution in [0.15, 0.2) is 78.9 Å². The zero-order chi connectivity index (χ0) is 24.4. The Kier molecular flexibility index (Phi) is 6.36. The van der Waals surface area contributed by atoms with Gasteiger partial charge in [-0.25, -0.2) is 0 Å². The molecule has 0 spiro atoms. The monoisotopic (exact) mass is 467 g/mol. The minimum atomic E-state index is -0.821. The van der Waals surface area contributed by atoms with Crippen LogP contribution in [0.2, 0.25) is 0 Å². The summed E-state index contributed by atoms with van der Waals surface area (Å²) in [6.45, 7) is 2.90. The molecule has 1 N–H and O–H groups in total. The number of nitrogens with one attached hydrogen (secondary N) is 1. The van der Waals surface area contributed by atoms with E-state index in [-0.39, 0.29) is 24.1 Å². The van der Waals surface area contributed by atoms with Gasteiger partial charge in [0.05, 0.1) is 5.92 Å². The van der Waals surface area contributed by atoms with E-state index in [1.807, 2.05) is 79.7 Å². The highest BCUT2D eigenvalue weighted by molar-refractivity contribution is 6.03. The smallest absolute Gasteiger partial charge is 0.254 e. The molecule has 0 aliphatic carbocycles. The van der Waals surface area contributed by atoms with Crippen molar-refractivity contribution < 1.29 is 14.4 Å². The summed E-state index contributed by atoms with van der Waals surface area (Å²) in [5.74, 6) is -1.03. The molecule has 1 fully saturated rings. The fraction of sp³-hybridized carbons (Fsp3) is 0.276. The Labute approximate surface area is 205 Å². The largest absolute Gasteiger partial charge is 0.340 e. The number of anilines is 2. The highest BCUT2D eigenvalue weighted by Crippen LogP contribution is 2.31. The van der Waals surface area contributed by atoms with Gasteiger partial charge in [-0.3, -0.25) is 14.4 Å². The first-order valence-corrected chi connectivity index (χ1v) is 12.1. The molecule has 2 aliphatic rings. The maximum Gasteiger partial charge on any atom is 0.254 e. The topological polar surface area (TPSA) is 69.7 Å². The molecule has 0 bridgehead atoms. The number of hydrogen-bond donors (Lipinski definition) is 1. The van der Waals surface area contributed by atoms with E-state index in [1.54, 1.807) is 9.80 Å². The summed E-state index contributed by atoms with van der Waals surface area (Å²) in [5.41, 5.74) is 4.67. The van der Waals surface area contributed by atoms with Crippen LogP contribution in [-0.2, 0) is 20.8 Å². The van der Waals surface area contributed by atoms with Crippen molar-refractivity contribution in [1.82, 2.24) is 5.32 Å². The lowest BCUT2D eigenvalue weighted by atomic mass is 9.98. The second-order valence-corrected chi connectivity index (χ2v) is 9.32. The van der Waals surface area contributed by atoms with Gasteiger partial charge >= 0.3 is 0 Å². The van der Waals surface area contributed by atoms with Crippen molar-refractivity contribution in [2.45, 2.75) is 32.2 Å². The van der Waals surface area contributed by atoms with Gasteiger partial charge in [0.25, 0.3) is 5.91 Å². The van der Waals surface area contributed by atoms with Crippen LogP contribution >= 0.6 is 0 Å². The van der Waals surface area contributed by atoms with Crippen molar-refractivity contribution in [2.24, 2.45) is 5.92 Å². The number of benzene rings is 3. The number of carbonyl (C=O) groups is 3. The third-order valence-corrected chi connectivity index (χ3v) is 6.88. The lowest BCUT2D eigenvalue weighted by molar-refractivity contribution is -0.130. The Bertz CT molecular complexity index is 1240. The maximum absolute atomic E-state index is 13.8. The average molecular weight is 468 g/mol. The van der Waals surface area contributed by atoms with Gasteiger partial charge in [-0.05, 0) is 49.1 Å². The molecule has 3 aromatic carbocycles. The molecule has 6 heteroatoms. The van der Waals surface area contributed by atoms with E-state index < -0.39 is 12.0 Å². The molecule has 2 aliphatic heterocycles. The minimum absolute atomic E-state index is 0.0819. The second kappa shape index (κ2) is 9.74. The van der Waals surface area contributed by atoms with Gasteiger partial charge in [0, 0.05) is 30.9 Å². The van der Waals surface area contributed by atoms with Crippen molar-refractivity contribution >= 4 is 29.1 Å². The summed E-state index contributed by atoms with van der Waals surface area (Å²) in [6, 6.07) is 24.2. The summed E-state index contributed by atoms with van der Waals surface area (Å²) in [7, 11) is 0. The van der Waals surface area contributed by atoms with Gasteiger partial charge in [0.2, 0.25) is 11.8 Å². The molecule has 1 saturated heterocycles. The predicted octanol–water partition coefficient (Wildman–Crippen LogP) is 4.18. The number of fused-ring (bicyclic) bond motifs is 1. The lowest BCUT2D eigenvalue weighted by Crippen LogP contribution is -2.46. The molecule has 2 heterocycles. The van der Waals surface area contributed by atoms with Crippen LogP contribution in [0.25, 0.3) is 0 Å². The predicted molar refractivity (Wildman–Crippen MR) is 136 cm³/mol. The van der Waals surface area contributed by atoms with Crippen LogP contribution < -0.4 is 15.1 Å². The van der Waals surface area contributed by atoms with E-state index in [9.17, 15) is 14.4 Å². The average Bonchev–Trinajstić information content (AvgIpc) is 3.29. The zero-order valence-electron chi connectivity index (χ0n) is 19.8. The van der Waals surface area contributed by atoms with Crippen LogP contribution in [0.3, 0.4) is 0 Å². The van der Waals surface area contributed by atoms with E-state index in [1.165, 1.54) is 0 Å². The molecule has 0 aromatic heterocycles. The standard InChI is InChI=1S/C29H29N3O3/c1-20-13-15-24(16-14-20)32-19-23(18-26(32)33)28(34)30-27(22-9-3-2-4-10-22)29(35)31-17-7-11-21-8-5-6-12-25(21)31/h2-6,8-10,12-16,23,27H,7,11,17-19H2,1H3,(H,30,34)/t23-,27+/m1/s1. The SMILES string of the molecule is Cc1ccc(N2C[C@H](C(=O)N[C@H](C(=O)N3CCCc4ccccc43)c3ccccc3)CC2=O)cc1. The molecular weight excluding hydrogens is 438 g/mol. The number of nitrogens with zero attached hydrogens (tertiary/aromatic N) is 2. The van der Waals surface area contributed by atoms with Crippen molar-refractivity contribution in [2.75, 3.05) is 22.9 Å². The van der Waals surface area contributed by atoms with Crippen LogP contribution in [0.5, 0.6) is 0 Å². The number of para-hydroxylation sites is 1. The molecular formula is C29H29N3O3. The van der Waals surface area contributed by atoms with E-state index in [4.69, 9.17) is 0 Å². The molecule has 0 unspecified atom stereocenters. The van der Waals surface area contributed by atoms with Gasteiger partial charge in [0.15, 0.2) is 0 Å².